The lowest BCUT2D eigenvalue weighted by atomic mass is 10.1. The highest BCUT2D eigenvalue weighted by Gasteiger charge is 2.11. The van der Waals surface area contributed by atoms with E-state index in [0.717, 1.165) is 18.4 Å². The zero-order chi connectivity index (χ0) is 21.1. The van der Waals surface area contributed by atoms with Crippen LogP contribution in [0.5, 0.6) is 11.5 Å². The monoisotopic (exact) mass is 398 g/mol. The van der Waals surface area contributed by atoms with Gasteiger partial charge in [0, 0.05) is 30.3 Å². The maximum absolute atomic E-state index is 12.2. The van der Waals surface area contributed by atoms with Gasteiger partial charge in [0.1, 0.15) is 0 Å². The van der Waals surface area contributed by atoms with Gasteiger partial charge in [-0.1, -0.05) is 32.0 Å². The van der Waals surface area contributed by atoms with Crippen molar-refractivity contribution in [3.63, 3.8) is 0 Å². The molecule has 2 amide bonds. The summed E-state index contributed by atoms with van der Waals surface area (Å²) < 4.78 is 11.4. The number of rotatable bonds is 11. The number of benzene rings is 2. The highest BCUT2D eigenvalue weighted by atomic mass is 16.5. The van der Waals surface area contributed by atoms with Crippen molar-refractivity contribution in [3.8, 4) is 11.5 Å². The number of ether oxygens (including phenoxy) is 2. The van der Waals surface area contributed by atoms with E-state index in [1.165, 1.54) is 0 Å². The fourth-order valence-electron chi connectivity index (χ4n) is 2.68. The van der Waals surface area contributed by atoms with Gasteiger partial charge < -0.3 is 20.1 Å². The van der Waals surface area contributed by atoms with E-state index in [9.17, 15) is 9.59 Å². The fourth-order valence-corrected chi connectivity index (χ4v) is 2.68. The van der Waals surface area contributed by atoms with E-state index in [0.29, 0.717) is 36.0 Å². The minimum Gasteiger partial charge on any atom is -0.490 e. The van der Waals surface area contributed by atoms with Gasteiger partial charge in [0.05, 0.1) is 13.2 Å². The topological polar surface area (TPSA) is 76.7 Å². The molecule has 2 aromatic rings. The number of hydrogen-bond acceptors (Lipinski definition) is 4. The molecule has 0 spiro atoms. The van der Waals surface area contributed by atoms with Gasteiger partial charge >= 0.3 is 0 Å². The smallest absolute Gasteiger partial charge is 0.251 e. The summed E-state index contributed by atoms with van der Waals surface area (Å²) >= 11 is 0. The van der Waals surface area contributed by atoms with Crippen molar-refractivity contribution in [1.29, 1.82) is 0 Å². The number of anilines is 1. The van der Waals surface area contributed by atoms with E-state index in [1.54, 1.807) is 24.3 Å². The van der Waals surface area contributed by atoms with Gasteiger partial charge in [-0.25, -0.2) is 0 Å². The van der Waals surface area contributed by atoms with Gasteiger partial charge in [0.15, 0.2) is 11.5 Å². The van der Waals surface area contributed by atoms with Crippen LogP contribution in [-0.4, -0.2) is 31.6 Å². The fraction of sp³-hybridized carbons (Fsp3) is 0.391. The molecular weight excluding hydrogens is 368 g/mol. The number of amides is 2. The first kappa shape index (κ1) is 22.3. The highest BCUT2D eigenvalue weighted by Crippen LogP contribution is 2.31. The van der Waals surface area contributed by atoms with Crippen LogP contribution in [0.25, 0.3) is 0 Å². The van der Waals surface area contributed by atoms with E-state index in [-0.39, 0.29) is 24.8 Å². The number of carbonyl (C=O) groups excluding carboxylic acids is 2. The summed E-state index contributed by atoms with van der Waals surface area (Å²) in [5, 5.41) is 5.62. The van der Waals surface area contributed by atoms with Crippen LogP contribution in [0.2, 0.25) is 0 Å². The molecule has 0 radical (unpaired) electrons. The quantitative estimate of drug-likeness (QED) is 0.591. The maximum atomic E-state index is 12.2. The molecule has 0 bridgehead atoms. The highest BCUT2D eigenvalue weighted by molar-refractivity contribution is 5.96. The molecule has 0 aliphatic heterocycles. The Balaban J connectivity index is 1.89. The Bertz CT molecular complexity index is 820. The third-order valence-corrected chi connectivity index (χ3v) is 4.18. The third kappa shape index (κ3) is 7.14. The first-order chi connectivity index (χ1) is 14.0. The lowest BCUT2D eigenvalue weighted by molar-refractivity contribution is -0.116. The Morgan fingerprint density at radius 3 is 2.31 bits per heavy atom. The Hall–Kier alpha value is -3.02. The van der Waals surface area contributed by atoms with Gasteiger partial charge in [0.2, 0.25) is 5.91 Å². The van der Waals surface area contributed by atoms with Crippen molar-refractivity contribution in [2.45, 2.75) is 40.0 Å². The molecule has 0 fully saturated rings. The third-order valence-electron chi connectivity index (χ3n) is 4.18. The van der Waals surface area contributed by atoms with Crippen molar-refractivity contribution in [1.82, 2.24) is 5.32 Å². The lowest BCUT2D eigenvalue weighted by Crippen LogP contribution is -2.28. The lowest BCUT2D eigenvalue weighted by Gasteiger charge is -2.14. The van der Waals surface area contributed by atoms with Gasteiger partial charge in [-0.2, -0.15) is 0 Å². The molecule has 0 aliphatic rings. The van der Waals surface area contributed by atoms with Gasteiger partial charge in [-0.3, -0.25) is 9.59 Å². The Morgan fingerprint density at radius 1 is 0.931 bits per heavy atom. The zero-order valence-electron chi connectivity index (χ0n) is 17.4. The maximum Gasteiger partial charge on any atom is 0.251 e. The minimum absolute atomic E-state index is 0.177. The molecule has 6 nitrogen and oxygen atoms in total. The van der Waals surface area contributed by atoms with Crippen molar-refractivity contribution in [2.75, 3.05) is 25.1 Å². The number of nitrogens with one attached hydrogen (secondary N) is 2. The summed E-state index contributed by atoms with van der Waals surface area (Å²) in [5.41, 5.74) is 2.16. The Labute approximate surface area is 172 Å². The summed E-state index contributed by atoms with van der Waals surface area (Å²) in [6.45, 7) is 7.39. The van der Waals surface area contributed by atoms with E-state index in [1.807, 2.05) is 39.0 Å². The predicted octanol–water partition coefficient (Wildman–Crippen LogP) is 4.33. The van der Waals surface area contributed by atoms with Gasteiger partial charge in [-0.15, -0.1) is 0 Å². The number of carbonyl (C=O) groups is 2. The summed E-state index contributed by atoms with van der Waals surface area (Å²) in [6, 6.07) is 12.7. The molecule has 156 valence electrons. The van der Waals surface area contributed by atoms with Crippen LogP contribution in [0.4, 0.5) is 5.69 Å². The van der Waals surface area contributed by atoms with Crippen molar-refractivity contribution in [2.24, 2.45) is 0 Å². The van der Waals surface area contributed by atoms with Gasteiger partial charge in [-0.05, 0) is 43.5 Å². The molecule has 2 N–H and O–H groups in total. The van der Waals surface area contributed by atoms with E-state index in [2.05, 4.69) is 10.6 Å². The van der Waals surface area contributed by atoms with Crippen LogP contribution >= 0.6 is 0 Å². The zero-order valence-corrected chi connectivity index (χ0v) is 17.4. The molecule has 0 saturated heterocycles. The second kappa shape index (κ2) is 11.7. The van der Waals surface area contributed by atoms with Crippen LogP contribution in [-0.2, 0) is 4.79 Å². The molecule has 29 heavy (non-hydrogen) atoms. The number of hydrogen-bond donors (Lipinski definition) is 2. The molecule has 0 unspecified atom stereocenters. The van der Waals surface area contributed by atoms with Crippen molar-refractivity contribution < 1.29 is 19.1 Å². The van der Waals surface area contributed by atoms with Crippen LogP contribution in [0, 0.1) is 6.92 Å². The standard InChI is InChI=1S/C23H30N2O4/c1-4-14-28-20-11-10-18(16-21(20)29-15-5-2)25-22(26)12-13-24-23(27)19-9-7-6-8-17(19)3/h6-11,16H,4-5,12-15H2,1-3H3,(H,24,27)(H,25,26). The summed E-state index contributed by atoms with van der Waals surface area (Å²) in [7, 11) is 0. The molecule has 0 saturated carbocycles. The molecule has 6 heteroatoms. The molecule has 0 aliphatic carbocycles. The average Bonchev–Trinajstić information content (AvgIpc) is 2.71. The van der Waals surface area contributed by atoms with Crippen LogP contribution in [0.1, 0.15) is 49.0 Å². The normalized spacial score (nSPS) is 10.3. The first-order valence-electron chi connectivity index (χ1n) is 10.1. The van der Waals surface area contributed by atoms with Crippen LogP contribution in [0.3, 0.4) is 0 Å². The summed E-state index contributed by atoms with van der Waals surface area (Å²) in [4.78, 5) is 24.4. The minimum atomic E-state index is -0.182. The van der Waals surface area contributed by atoms with E-state index < -0.39 is 0 Å². The van der Waals surface area contributed by atoms with Crippen LogP contribution in [0.15, 0.2) is 42.5 Å². The van der Waals surface area contributed by atoms with Crippen molar-refractivity contribution >= 4 is 17.5 Å². The number of aryl methyl sites for hydroxylation is 1. The van der Waals surface area contributed by atoms with Crippen molar-refractivity contribution in [3.05, 3.63) is 53.6 Å². The van der Waals surface area contributed by atoms with E-state index in [4.69, 9.17) is 9.47 Å². The molecule has 0 atom stereocenters. The molecule has 2 rings (SSSR count). The van der Waals surface area contributed by atoms with Crippen LogP contribution < -0.4 is 20.1 Å². The predicted molar refractivity (Wildman–Crippen MR) is 115 cm³/mol. The Morgan fingerprint density at radius 2 is 1.62 bits per heavy atom. The SMILES string of the molecule is CCCOc1ccc(NC(=O)CCNC(=O)c2ccccc2C)cc1OCCC. The second-order valence-electron chi connectivity index (χ2n) is 6.73. The summed E-state index contributed by atoms with van der Waals surface area (Å²) in [6.07, 6.45) is 1.96. The second-order valence-corrected chi connectivity index (χ2v) is 6.73. The van der Waals surface area contributed by atoms with E-state index >= 15 is 0 Å². The molecule has 0 heterocycles. The summed E-state index contributed by atoms with van der Waals surface area (Å²) in [5.74, 6) is 0.928. The largest absolute Gasteiger partial charge is 0.490 e. The van der Waals surface area contributed by atoms with Gasteiger partial charge in [0.25, 0.3) is 5.91 Å². The average molecular weight is 399 g/mol. The molecular formula is C23H30N2O4. The molecule has 0 aromatic heterocycles. The Kier molecular flexibility index (Phi) is 9.02. The molecule has 2 aromatic carbocycles. The first-order valence-corrected chi connectivity index (χ1v) is 10.1.